The van der Waals surface area contributed by atoms with Gasteiger partial charge in [-0.05, 0) is 132 Å². The van der Waals surface area contributed by atoms with Gasteiger partial charge in [-0.1, -0.05) is 164 Å². The number of fused-ring (bicyclic) bond motifs is 7. The van der Waals surface area contributed by atoms with Gasteiger partial charge in [-0.3, -0.25) is 0 Å². The van der Waals surface area contributed by atoms with Gasteiger partial charge in [-0.25, -0.2) is 0 Å². The maximum Gasteiger partial charge on any atom is 0.252 e. The van der Waals surface area contributed by atoms with Crippen LogP contribution in [-0.2, 0) is 0 Å². The van der Waals surface area contributed by atoms with Gasteiger partial charge in [0.05, 0.1) is 22.4 Å². The predicted molar refractivity (Wildman–Crippen MR) is 304 cm³/mol. The Bertz CT molecular complexity index is 3900. The van der Waals surface area contributed by atoms with E-state index >= 15 is 0 Å². The molecule has 3 heterocycles. The van der Waals surface area contributed by atoms with Crippen LogP contribution in [0.4, 0.5) is 68.2 Å². The third-order valence-corrected chi connectivity index (χ3v) is 14.5. The molecule has 11 aromatic carbocycles. The lowest BCUT2D eigenvalue weighted by Gasteiger charge is -2.45. The van der Waals surface area contributed by atoms with Gasteiger partial charge in [-0.2, -0.15) is 0 Å². The molecule has 5 nitrogen and oxygen atoms in total. The molecule has 2 aliphatic rings. The fraction of sp³-hybridized carbons (Fsp3) is 0. The van der Waals surface area contributed by atoms with Crippen LogP contribution < -0.4 is 36.0 Å². The van der Waals surface area contributed by atoms with E-state index in [1.54, 1.807) is 0 Å². The zero-order valence-electron chi connectivity index (χ0n) is 39.4. The van der Waals surface area contributed by atoms with Crippen LogP contribution in [0, 0.1) is 0 Å². The minimum absolute atomic E-state index is 0.0691. The molecule has 6 heteroatoms. The normalized spacial score (nSPS) is 12.4. The topological polar surface area (TPSA) is 17.9 Å². The first-order valence-electron chi connectivity index (χ1n) is 24.7. The van der Waals surface area contributed by atoms with Crippen LogP contribution in [0.25, 0.3) is 27.5 Å². The van der Waals surface area contributed by atoms with Gasteiger partial charge in [0.1, 0.15) is 0 Å². The van der Waals surface area contributed by atoms with Crippen molar-refractivity contribution in [2.24, 2.45) is 0 Å². The molecule has 0 atom stereocenters. The lowest BCUT2D eigenvalue weighted by Crippen LogP contribution is -2.61. The number of aromatic nitrogens is 1. The standard InChI is InChI=1S/C66H46BN5/c1-7-24-47(25-8-1)68(48-26-9-2-10-27-48)54-45-63-65-64(46-54)71(51-32-15-5-16-33-51)62-44-53(42-43-58(62)67(65)57-38-20-22-40-60(57)70(63)50-30-13-4-14-31-50)69(49-28-11-3-12-29-49)61-41-23-37-56-55-36-19-21-39-59(55)72(66(56)61)52-34-17-6-18-35-52/h1-46H. The van der Waals surface area contributed by atoms with Gasteiger partial charge in [-0.15, -0.1) is 0 Å². The molecule has 0 radical (unpaired) electrons. The molecule has 0 amide bonds. The van der Waals surface area contributed by atoms with Crippen molar-refractivity contribution >= 4 is 113 Å². The molecule has 0 unspecified atom stereocenters. The summed E-state index contributed by atoms with van der Waals surface area (Å²) in [6.45, 7) is -0.0691. The van der Waals surface area contributed by atoms with Crippen LogP contribution in [0.3, 0.4) is 0 Å². The van der Waals surface area contributed by atoms with Crippen LogP contribution in [-0.4, -0.2) is 11.3 Å². The van der Waals surface area contributed by atoms with Crippen molar-refractivity contribution in [1.82, 2.24) is 4.57 Å². The van der Waals surface area contributed by atoms with Crippen molar-refractivity contribution in [3.05, 3.63) is 279 Å². The molecule has 0 saturated carbocycles. The SMILES string of the molecule is c1ccc(N(c2ccccc2)c2cc3c4c(c2)N(c2ccccc2)c2cc(N(c5ccccc5)c5cccc6c7ccccc7n(-c7ccccc7)c56)ccc2B4c2ccccc2N3c2ccccc2)cc1. The van der Waals surface area contributed by atoms with Crippen molar-refractivity contribution in [2.75, 3.05) is 19.6 Å². The van der Waals surface area contributed by atoms with Crippen LogP contribution in [0.5, 0.6) is 0 Å². The average molecular weight is 920 g/mol. The summed E-state index contributed by atoms with van der Waals surface area (Å²) in [5.74, 6) is 0. The maximum absolute atomic E-state index is 2.52. The smallest absolute Gasteiger partial charge is 0.252 e. The Kier molecular flexibility index (Phi) is 9.88. The molecule has 0 N–H and O–H groups in total. The molecule has 0 spiro atoms. The summed E-state index contributed by atoms with van der Waals surface area (Å²) in [5.41, 5.74) is 20.5. The van der Waals surface area contributed by atoms with Gasteiger partial charge < -0.3 is 24.2 Å². The van der Waals surface area contributed by atoms with Crippen molar-refractivity contribution < 1.29 is 0 Å². The van der Waals surface area contributed by atoms with Crippen LogP contribution in [0.2, 0.25) is 0 Å². The minimum Gasteiger partial charge on any atom is -0.311 e. The number of nitrogens with zero attached hydrogens (tertiary/aromatic N) is 5. The highest BCUT2D eigenvalue weighted by Gasteiger charge is 2.44. The maximum atomic E-state index is 2.52. The number of hydrogen-bond donors (Lipinski definition) is 0. The highest BCUT2D eigenvalue weighted by Crippen LogP contribution is 2.50. The Hall–Kier alpha value is -9.52. The molecular weight excluding hydrogens is 874 g/mol. The van der Waals surface area contributed by atoms with Crippen molar-refractivity contribution in [3.8, 4) is 5.69 Å². The fourth-order valence-electron chi connectivity index (χ4n) is 11.5. The Morgan fingerprint density at radius 2 is 0.750 bits per heavy atom. The molecule has 72 heavy (non-hydrogen) atoms. The summed E-state index contributed by atoms with van der Waals surface area (Å²) >= 11 is 0. The first kappa shape index (κ1) is 41.5. The van der Waals surface area contributed by atoms with E-state index in [1.807, 2.05) is 0 Å². The third-order valence-electron chi connectivity index (χ3n) is 14.5. The Morgan fingerprint density at radius 1 is 0.292 bits per heavy atom. The minimum atomic E-state index is -0.0691. The fourth-order valence-corrected chi connectivity index (χ4v) is 11.5. The highest BCUT2D eigenvalue weighted by atomic mass is 15.2. The van der Waals surface area contributed by atoms with Gasteiger partial charge in [0, 0.05) is 73.3 Å². The van der Waals surface area contributed by atoms with E-state index < -0.39 is 0 Å². The molecule has 2 aliphatic heterocycles. The largest absolute Gasteiger partial charge is 0.311 e. The summed E-state index contributed by atoms with van der Waals surface area (Å²) in [4.78, 5) is 9.86. The van der Waals surface area contributed by atoms with E-state index in [0.717, 1.165) is 73.8 Å². The zero-order valence-corrected chi connectivity index (χ0v) is 39.4. The van der Waals surface area contributed by atoms with Crippen LogP contribution in [0.1, 0.15) is 0 Å². The molecule has 0 fully saturated rings. The van der Waals surface area contributed by atoms with E-state index in [2.05, 4.69) is 303 Å². The van der Waals surface area contributed by atoms with E-state index in [4.69, 9.17) is 0 Å². The van der Waals surface area contributed by atoms with E-state index in [1.165, 1.54) is 38.4 Å². The van der Waals surface area contributed by atoms with E-state index in [9.17, 15) is 0 Å². The molecule has 0 saturated heterocycles. The van der Waals surface area contributed by atoms with Gasteiger partial charge in [0.25, 0.3) is 6.71 Å². The molecule has 12 aromatic rings. The molecule has 1 aromatic heterocycles. The van der Waals surface area contributed by atoms with Gasteiger partial charge >= 0.3 is 0 Å². The average Bonchev–Trinajstić information content (AvgIpc) is 3.80. The number of anilines is 12. The molecule has 0 aliphatic carbocycles. The third kappa shape index (κ3) is 6.64. The monoisotopic (exact) mass is 919 g/mol. The first-order valence-corrected chi connectivity index (χ1v) is 24.7. The van der Waals surface area contributed by atoms with E-state index in [-0.39, 0.29) is 6.71 Å². The van der Waals surface area contributed by atoms with Crippen LogP contribution in [0.15, 0.2) is 279 Å². The number of benzene rings is 11. The second kappa shape index (κ2) is 17.2. The second-order valence-electron chi connectivity index (χ2n) is 18.5. The summed E-state index contributed by atoms with van der Waals surface area (Å²) in [5, 5.41) is 2.42. The van der Waals surface area contributed by atoms with Gasteiger partial charge in [0.15, 0.2) is 0 Å². The second-order valence-corrected chi connectivity index (χ2v) is 18.5. The summed E-state index contributed by atoms with van der Waals surface area (Å²) < 4.78 is 2.44. The quantitative estimate of drug-likeness (QED) is 0.134. The van der Waals surface area contributed by atoms with Crippen molar-refractivity contribution in [3.63, 3.8) is 0 Å². The lowest BCUT2D eigenvalue weighted by atomic mass is 9.33. The summed E-state index contributed by atoms with van der Waals surface area (Å²) in [7, 11) is 0. The zero-order chi connectivity index (χ0) is 47.5. The molecular formula is C66H46BN5. The predicted octanol–water partition coefficient (Wildman–Crippen LogP) is 15.8. The highest BCUT2D eigenvalue weighted by molar-refractivity contribution is 7.00. The Balaban J connectivity index is 1.07. The van der Waals surface area contributed by atoms with Crippen LogP contribution >= 0.6 is 0 Å². The van der Waals surface area contributed by atoms with E-state index in [0.29, 0.717) is 0 Å². The summed E-state index contributed by atoms with van der Waals surface area (Å²) in [6.07, 6.45) is 0. The molecule has 0 bridgehead atoms. The summed E-state index contributed by atoms with van der Waals surface area (Å²) in [6, 6.07) is 102. The van der Waals surface area contributed by atoms with Gasteiger partial charge in [0.2, 0.25) is 0 Å². The number of para-hydroxylation sites is 9. The number of rotatable bonds is 9. The molecule has 338 valence electrons. The number of hydrogen-bond acceptors (Lipinski definition) is 4. The Labute approximate surface area is 420 Å². The van der Waals surface area contributed by atoms with Crippen molar-refractivity contribution in [1.29, 1.82) is 0 Å². The Morgan fingerprint density at radius 3 is 1.36 bits per heavy atom. The first-order chi connectivity index (χ1) is 35.8. The lowest BCUT2D eigenvalue weighted by molar-refractivity contribution is 1.17. The molecule has 14 rings (SSSR count). The van der Waals surface area contributed by atoms with Crippen molar-refractivity contribution in [2.45, 2.75) is 0 Å².